The summed E-state index contributed by atoms with van der Waals surface area (Å²) in [5.74, 6) is 1.59. The molecule has 42 heavy (non-hydrogen) atoms. The van der Waals surface area contributed by atoms with Crippen LogP contribution in [0.2, 0.25) is 0 Å². The first-order valence-electron chi connectivity index (χ1n) is 14.3. The molecule has 0 saturated carbocycles. The molecule has 0 saturated heterocycles. The molecule has 0 aromatic heterocycles. The lowest BCUT2D eigenvalue weighted by molar-refractivity contribution is -0.505. The summed E-state index contributed by atoms with van der Waals surface area (Å²) in [6.07, 6.45) is 2.18. The predicted octanol–water partition coefficient (Wildman–Crippen LogP) is 8.33. The molecule has 0 radical (unpaired) electrons. The van der Waals surface area contributed by atoms with E-state index < -0.39 is 0 Å². The van der Waals surface area contributed by atoms with Crippen LogP contribution in [0.25, 0.3) is 39.1 Å². The first kappa shape index (κ1) is 25.5. The lowest BCUT2D eigenvalue weighted by Gasteiger charge is -2.18. The van der Waals surface area contributed by atoms with Crippen molar-refractivity contribution in [3.05, 3.63) is 187 Å². The van der Waals surface area contributed by atoms with Gasteiger partial charge in [-0.15, -0.1) is 0 Å². The summed E-state index contributed by atoms with van der Waals surface area (Å²) in [4.78, 5) is 3.66. The molecule has 2 heteroatoms. The van der Waals surface area contributed by atoms with Gasteiger partial charge in [-0.3, -0.25) is 0 Å². The summed E-state index contributed by atoms with van der Waals surface area (Å²) in [5.41, 5.74) is 10.4. The molecule has 6 aromatic rings. The van der Waals surface area contributed by atoms with Crippen LogP contribution in [0.4, 0.5) is 0 Å². The second-order valence-corrected chi connectivity index (χ2v) is 10.5. The van der Waals surface area contributed by atoms with Crippen LogP contribution in [0.15, 0.2) is 170 Å². The van der Waals surface area contributed by atoms with Crippen LogP contribution in [0.1, 0.15) is 22.7 Å². The number of hydrogen-bond donors (Lipinski definition) is 1. The smallest absolute Gasteiger partial charge is 0.374 e. The maximum atomic E-state index is 6.56. The van der Waals surface area contributed by atoms with Gasteiger partial charge in [0, 0.05) is 17.2 Å². The van der Waals surface area contributed by atoms with E-state index in [1.54, 1.807) is 0 Å². The Kier molecular flexibility index (Phi) is 7.02. The summed E-state index contributed by atoms with van der Waals surface area (Å²) in [5, 5.41) is 0. The number of ether oxygens (including phenoxy) is 1. The molecule has 2 nitrogen and oxygen atoms in total. The molecule has 1 N–H and O–H groups in total. The zero-order chi connectivity index (χ0) is 28.1. The molecule has 200 valence electrons. The number of hydrogen-bond acceptors (Lipinski definition) is 1. The Morgan fingerprint density at radius 2 is 0.714 bits per heavy atom. The minimum atomic E-state index is -0.0452. The van der Waals surface area contributed by atoms with Gasteiger partial charge in [-0.25, -0.2) is 0 Å². The van der Waals surface area contributed by atoms with E-state index in [1.807, 2.05) is 18.2 Å². The van der Waals surface area contributed by atoms with Gasteiger partial charge in [0.05, 0.1) is 5.56 Å². The molecule has 1 aliphatic heterocycles. The quantitative estimate of drug-likeness (QED) is 0.226. The van der Waals surface area contributed by atoms with Gasteiger partial charge in [0.2, 0.25) is 6.04 Å². The second kappa shape index (κ2) is 11.6. The van der Waals surface area contributed by atoms with Gasteiger partial charge in [-0.2, -0.15) is 4.99 Å². The predicted molar refractivity (Wildman–Crippen MR) is 173 cm³/mol. The van der Waals surface area contributed by atoms with Gasteiger partial charge in [0.25, 0.3) is 0 Å². The highest BCUT2D eigenvalue weighted by Gasteiger charge is 2.27. The molecular weight excluding hydrogens is 510 g/mol. The monoisotopic (exact) mass is 540 g/mol. The van der Waals surface area contributed by atoms with E-state index in [0.29, 0.717) is 0 Å². The Morgan fingerprint density at radius 1 is 0.357 bits per heavy atom. The van der Waals surface area contributed by atoms with Gasteiger partial charge in [0.1, 0.15) is 5.76 Å². The molecule has 0 amide bonds. The summed E-state index contributed by atoms with van der Waals surface area (Å²) < 4.78 is 6.56. The molecule has 6 aromatic carbocycles. The number of nitrogens with one attached hydrogen (secondary N) is 1. The Hall–Kier alpha value is -5.47. The van der Waals surface area contributed by atoms with E-state index in [0.717, 1.165) is 22.8 Å². The standard InChI is InChI=1S/C40H29NO/c1-4-10-29(11-5-1)32-16-22-35(23-17-32)38-28-39(36-24-18-33(19-25-36)30-12-6-2-7-13-30)42-40(41-38)37-26-20-34(21-27-37)31-14-8-3-9-15-31/h1-28,38H/p+1. The number of rotatable bonds is 6. The van der Waals surface area contributed by atoms with Gasteiger partial charge in [-0.05, 0) is 45.5 Å². The van der Waals surface area contributed by atoms with Crippen molar-refractivity contribution in [2.24, 2.45) is 0 Å². The Balaban J connectivity index is 1.23. The number of benzene rings is 6. The minimum absolute atomic E-state index is 0.0452. The fraction of sp³-hybridized carbons (Fsp3) is 0.0250. The lowest BCUT2D eigenvalue weighted by Crippen LogP contribution is -2.76. The highest BCUT2D eigenvalue weighted by atomic mass is 16.5. The third kappa shape index (κ3) is 5.43. The zero-order valence-corrected chi connectivity index (χ0v) is 23.2. The first-order valence-corrected chi connectivity index (χ1v) is 14.3. The van der Waals surface area contributed by atoms with Crippen LogP contribution in [0, 0.1) is 0 Å². The fourth-order valence-electron chi connectivity index (χ4n) is 5.40. The summed E-state index contributed by atoms with van der Waals surface area (Å²) in [6.45, 7) is 0. The third-order valence-corrected chi connectivity index (χ3v) is 7.72. The molecule has 1 aliphatic rings. The van der Waals surface area contributed by atoms with E-state index in [1.165, 1.54) is 38.9 Å². The molecule has 0 fully saturated rings. The molecule has 1 heterocycles. The average molecular weight is 541 g/mol. The summed E-state index contributed by atoms with van der Waals surface area (Å²) in [7, 11) is 0. The van der Waals surface area contributed by atoms with Crippen LogP contribution < -0.4 is 4.99 Å². The summed E-state index contributed by atoms with van der Waals surface area (Å²) >= 11 is 0. The van der Waals surface area contributed by atoms with E-state index in [2.05, 4.69) is 157 Å². The topological polar surface area (TPSA) is 23.2 Å². The van der Waals surface area contributed by atoms with Crippen molar-refractivity contribution < 1.29 is 9.73 Å². The van der Waals surface area contributed by atoms with Gasteiger partial charge in [-0.1, -0.05) is 152 Å². The van der Waals surface area contributed by atoms with Crippen LogP contribution in [0.5, 0.6) is 0 Å². The van der Waals surface area contributed by atoms with Crippen molar-refractivity contribution in [3.63, 3.8) is 0 Å². The molecule has 0 aliphatic carbocycles. The molecule has 7 rings (SSSR count). The van der Waals surface area contributed by atoms with Crippen molar-refractivity contribution >= 4 is 11.7 Å². The van der Waals surface area contributed by atoms with Gasteiger partial charge in [0.15, 0.2) is 0 Å². The van der Waals surface area contributed by atoms with Gasteiger partial charge >= 0.3 is 5.90 Å². The highest BCUT2D eigenvalue weighted by molar-refractivity contribution is 5.94. The zero-order valence-electron chi connectivity index (χ0n) is 23.2. The molecule has 0 bridgehead atoms. The molecule has 0 spiro atoms. The molecular formula is C40H30NO+. The molecule has 1 atom stereocenters. The largest absolute Gasteiger partial charge is 0.404 e. The SMILES string of the molecule is C1=C(c2ccc(-c3ccccc3)cc2)OC(c2ccc(-c3ccccc3)cc2)=[NH+]C1c1ccc(-c2ccccc2)cc1. The van der Waals surface area contributed by atoms with E-state index in [4.69, 9.17) is 4.74 Å². The van der Waals surface area contributed by atoms with Crippen molar-refractivity contribution in [3.8, 4) is 33.4 Å². The maximum Gasteiger partial charge on any atom is 0.374 e. The average Bonchev–Trinajstić information content (AvgIpc) is 3.09. The highest BCUT2D eigenvalue weighted by Crippen LogP contribution is 2.29. The second-order valence-electron chi connectivity index (χ2n) is 10.5. The van der Waals surface area contributed by atoms with Crippen LogP contribution in [0.3, 0.4) is 0 Å². The Labute approximate surface area is 246 Å². The van der Waals surface area contributed by atoms with E-state index in [-0.39, 0.29) is 6.04 Å². The first-order chi connectivity index (χ1) is 20.8. The summed E-state index contributed by atoms with van der Waals surface area (Å²) in [6, 6.07) is 57.3. The minimum Gasteiger partial charge on any atom is -0.404 e. The fourth-order valence-corrected chi connectivity index (χ4v) is 5.40. The van der Waals surface area contributed by atoms with Crippen LogP contribution in [-0.4, -0.2) is 5.90 Å². The van der Waals surface area contributed by atoms with Gasteiger partial charge < -0.3 is 4.74 Å². The van der Waals surface area contributed by atoms with Crippen molar-refractivity contribution in [2.75, 3.05) is 0 Å². The van der Waals surface area contributed by atoms with Crippen LogP contribution in [-0.2, 0) is 4.74 Å². The Bertz CT molecular complexity index is 1740. The van der Waals surface area contributed by atoms with Crippen molar-refractivity contribution in [2.45, 2.75) is 6.04 Å². The normalized spacial score (nSPS) is 14.4. The van der Waals surface area contributed by atoms with E-state index in [9.17, 15) is 0 Å². The van der Waals surface area contributed by atoms with Crippen molar-refractivity contribution in [1.29, 1.82) is 0 Å². The van der Waals surface area contributed by atoms with Crippen molar-refractivity contribution in [1.82, 2.24) is 0 Å². The van der Waals surface area contributed by atoms with Crippen LogP contribution >= 0.6 is 0 Å². The maximum absolute atomic E-state index is 6.56. The lowest BCUT2D eigenvalue weighted by atomic mass is 9.98. The third-order valence-electron chi connectivity index (χ3n) is 7.72. The van der Waals surface area contributed by atoms with E-state index >= 15 is 0 Å². The molecule has 1 unspecified atom stereocenters. The Morgan fingerprint density at radius 3 is 1.17 bits per heavy atom.